The fourth-order valence-electron chi connectivity index (χ4n) is 2.15. The number of benzene rings is 1. The van der Waals surface area contributed by atoms with Crippen LogP contribution in [0.25, 0.3) is 0 Å². The Kier molecular flexibility index (Phi) is 6.76. The van der Waals surface area contributed by atoms with Gasteiger partial charge < -0.3 is 15.3 Å². The second-order valence-electron chi connectivity index (χ2n) is 4.64. The van der Waals surface area contributed by atoms with Crippen LogP contribution in [0.4, 0.5) is 5.69 Å². The van der Waals surface area contributed by atoms with Crippen LogP contribution in [0, 0.1) is 6.92 Å². The fraction of sp³-hybridized carbons (Fsp3) is 0.600. The molecule has 0 saturated carbocycles. The van der Waals surface area contributed by atoms with Crippen LogP contribution in [0.5, 0.6) is 0 Å². The summed E-state index contributed by atoms with van der Waals surface area (Å²) in [5.74, 6) is 0. The summed E-state index contributed by atoms with van der Waals surface area (Å²) < 4.78 is 0. The van der Waals surface area contributed by atoms with Crippen molar-refractivity contribution in [2.75, 3.05) is 31.1 Å². The normalized spacial score (nSPS) is 12.4. The molecule has 1 rings (SSSR count). The fourth-order valence-corrected chi connectivity index (χ4v) is 2.15. The number of hydrogen-bond donors (Lipinski definition) is 2. The molecule has 1 aromatic rings. The zero-order valence-electron chi connectivity index (χ0n) is 11.8. The van der Waals surface area contributed by atoms with Crippen LogP contribution in [0.15, 0.2) is 24.3 Å². The third-order valence-electron chi connectivity index (χ3n) is 3.21. The highest BCUT2D eigenvalue weighted by Crippen LogP contribution is 2.16. The van der Waals surface area contributed by atoms with Crippen molar-refractivity contribution in [2.45, 2.75) is 33.2 Å². The predicted octanol–water partition coefficient (Wildman–Crippen LogP) is 2.18. The van der Waals surface area contributed by atoms with Crippen LogP contribution < -0.4 is 10.2 Å². The molecule has 1 unspecified atom stereocenters. The van der Waals surface area contributed by atoms with Crippen LogP contribution in [0.3, 0.4) is 0 Å². The van der Waals surface area contributed by atoms with E-state index in [0.717, 1.165) is 26.1 Å². The summed E-state index contributed by atoms with van der Waals surface area (Å²) >= 11 is 0. The Morgan fingerprint density at radius 2 is 2.11 bits per heavy atom. The van der Waals surface area contributed by atoms with Gasteiger partial charge in [-0.3, -0.25) is 0 Å². The van der Waals surface area contributed by atoms with Crippen molar-refractivity contribution in [3.8, 4) is 0 Å². The molecule has 0 bridgehead atoms. The molecule has 1 aromatic carbocycles. The van der Waals surface area contributed by atoms with Crippen molar-refractivity contribution in [3.63, 3.8) is 0 Å². The van der Waals surface area contributed by atoms with E-state index in [9.17, 15) is 5.11 Å². The van der Waals surface area contributed by atoms with E-state index >= 15 is 0 Å². The summed E-state index contributed by atoms with van der Waals surface area (Å²) in [6.07, 6.45) is 0.964. The zero-order valence-corrected chi connectivity index (χ0v) is 11.8. The third-order valence-corrected chi connectivity index (χ3v) is 3.21. The van der Waals surface area contributed by atoms with Gasteiger partial charge in [-0.2, -0.15) is 0 Å². The van der Waals surface area contributed by atoms with Gasteiger partial charge in [0.15, 0.2) is 0 Å². The van der Waals surface area contributed by atoms with E-state index in [1.165, 1.54) is 11.3 Å². The number of rotatable bonds is 8. The van der Waals surface area contributed by atoms with Gasteiger partial charge in [-0.25, -0.2) is 0 Å². The number of hydrogen-bond acceptors (Lipinski definition) is 3. The molecular formula is C15H26N2O. The second kappa shape index (κ2) is 8.11. The Bertz CT molecular complexity index is 341. The number of nitrogens with one attached hydrogen (secondary N) is 1. The van der Waals surface area contributed by atoms with Crippen LogP contribution in [-0.2, 0) is 0 Å². The Balaban J connectivity index is 2.56. The lowest BCUT2D eigenvalue weighted by Gasteiger charge is -2.26. The van der Waals surface area contributed by atoms with E-state index in [2.05, 4.69) is 55.3 Å². The number of likely N-dealkylation sites (N-methyl/N-ethyl adjacent to an activating group) is 1. The van der Waals surface area contributed by atoms with E-state index in [1.807, 2.05) is 0 Å². The van der Waals surface area contributed by atoms with Crippen LogP contribution in [-0.4, -0.2) is 37.4 Å². The highest BCUT2D eigenvalue weighted by Gasteiger charge is 2.09. The zero-order chi connectivity index (χ0) is 13.4. The van der Waals surface area contributed by atoms with Gasteiger partial charge in [0, 0.05) is 24.8 Å². The van der Waals surface area contributed by atoms with Crippen molar-refractivity contribution in [1.82, 2.24) is 5.32 Å². The molecule has 0 amide bonds. The number of aliphatic hydroxyl groups excluding tert-OH is 1. The lowest BCUT2D eigenvalue weighted by atomic mass is 10.1. The Labute approximate surface area is 111 Å². The van der Waals surface area contributed by atoms with Gasteiger partial charge >= 0.3 is 0 Å². The van der Waals surface area contributed by atoms with E-state index in [0.29, 0.717) is 0 Å². The van der Waals surface area contributed by atoms with Gasteiger partial charge in [0.1, 0.15) is 0 Å². The minimum atomic E-state index is 0.203. The maximum atomic E-state index is 9.28. The summed E-state index contributed by atoms with van der Waals surface area (Å²) in [4.78, 5) is 2.35. The van der Waals surface area contributed by atoms with Crippen molar-refractivity contribution >= 4 is 5.69 Å². The summed E-state index contributed by atoms with van der Waals surface area (Å²) in [5, 5.41) is 12.6. The molecule has 2 N–H and O–H groups in total. The number of anilines is 1. The summed E-state index contributed by atoms with van der Waals surface area (Å²) in [6.45, 7) is 9.43. The van der Waals surface area contributed by atoms with Crippen molar-refractivity contribution in [3.05, 3.63) is 29.8 Å². The average Bonchev–Trinajstić information content (AvgIpc) is 2.38. The molecule has 0 fully saturated rings. The van der Waals surface area contributed by atoms with Gasteiger partial charge in [0.25, 0.3) is 0 Å². The standard InChI is InChI=1S/C15H26N2O/c1-4-16-14(12-18)9-10-17(5-2)15-8-6-7-13(3)11-15/h6-8,11,14,16,18H,4-5,9-10,12H2,1-3H3. The molecule has 3 nitrogen and oxygen atoms in total. The largest absolute Gasteiger partial charge is 0.395 e. The van der Waals surface area contributed by atoms with Crippen molar-refractivity contribution in [1.29, 1.82) is 0 Å². The van der Waals surface area contributed by atoms with Crippen LogP contribution in [0.2, 0.25) is 0 Å². The summed E-state index contributed by atoms with van der Waals surface area (Å²) in [7, 11) is 0. The van der Waals surface area contributed by atoms with Crippen molar-refractivity contribution in [2.24, 2.45) is 0 Å². The van der Waals surface area contributed by atoms with E-state index in [-0.39, 0.29) is 12.6 Å². The lowest BCUT2D eigenvalue weighted by Crippen LogP contribution is -2.36. The quantitative estimate of drug-likeness (QED) is 0.742. The minimum absolute atomic E-state index is 0.203. The third kappa shape index (κ3) is 4.67. The lowest BCUT2D eigenvalue weighted by molar-refractivity contribution is 0.238. The van der Waals surface area contributed by atoms with Gasteiger partial charge in [-0.15, -0.1) is 0 Å². The minimum Gasteiger partial charge on any atom is -0.395 e. The number of aryl methyl sites for hydroxylation is 1. The van der Waals surface area contributed by atoms with Crippen molar-refractivity contribution < 1.29 is 5.11 Å². The summed E-state index contributed by atoms with van der Waals surface area (Å²) in [6, 6.07) is 8.78. The topological polar surface area (TPSA) is 35.5 Å². The molecule has 102 valence electrons. The first-order chi connectivity index (χ1) is 8.71. The molecule has 0 aliphatic carbocycles. The molecule has 0 saturated heterocycles. The van der Waals surface area contributed by atoms with Gasteiger partial charge in [0.2, 0.25) is 0 Å². The van der Waals surface area contributed by atoms with Gasteiger partial charge in [0.05, 0.1) is 6.61 Å². The first kappa shape index (κ1) is 15.0. The molecular weight excluding hydrogens is 224 g/mol. The highest BCUT2D eigenvalue weighted by molar-refractivity contribution is 5.48. The molecule has 0 aliphatic heterocycles. The smallest absolute Gasteiger partial charge is 0.0585 e. The van der Waals surface area contributed by atoms with E-state index in [4.69, 9.17) is 0 Å². The average molecular weight is 250 g/mol. The molecule has 0 radical (unpaired) electrons. The predicted molar refractivity (Wildman–Crippen MR) is 78.2 cm³/mol. The second-order valence-corrected chi connectivity index (χ2v) is 4.64. The van der Waals surface area contributed by atoms with Crippen LogP contribution >= 0.6 is 0 Å². The maximum absolute atomic E-state index is 9.28. The SMILES string of the molecule is CCNC(CO)CCN(CC)c1cccc(C)c1. The van der Waals surface area contributed by atoms with E-state index < -0.39 is 0 Å². The molecule has 18 heavy (non-hydrogen) atoms. The molecule has 3 heteroatoms. The number of aliphatic hydroxyl groups is 1. The highest BCUT2D eigenvalue weighted by atomic mass is 16.3. The molecule has 0 aliphatic rings. The summed E-state index contributed by atoms with van der Waals surface area (Å²) in [5.41, 5.74) is 2.56. The first-order valence-electron chi connectivity index (χ1n) is 6.87. The van der Waals surface area contributed by atoms with E-state index in [1.54, 1.807) is 0 Å². The molecule has 1 atom stereocenters. The molecule has 0 aromatic heterocycles. The van der Waals surface area contributed by atoms with Gasteiger partial charge in [-0.1, -0.05) is 19.1 Å². The van der Waals surface area contributed by atoms with Crippen LogP contribution in [0.1, 0.15) is 25.8 Å². The monoisotopic (exact) mass is 250 g/mol. The molecule has 0 spiro atoms. The van der Waals surface area contributed by atoms with Gasteiger partial charge in [-0.05, 0) is 44.5 Å². The Morgan fingerprint density at radius 3 is 2.67 bits per heavy atom. The number of nitrogens with zero attached hydrogens (tertiary/aromatic N) is 1. The molecule has 0 heterocycles. The maximum Gasteiger partial charge on any atom is 0.0585 e. The Hall–Kier alpha value is -1.06. The first-order valence-corrected chi connectivity index (χ1v) is 6.87. The Morgan fingerprint density at radius 1 is 1.33 bits per heavy atom.